The highest BCUT2D eigenvalue weighted by Gasteiger charge is 2.23. The average molecular weight is 431 g/mol. The van der Waals surface area contributed by atoms with E-state index in [0.717, 1.165) is 11.1 Å². The second kappa shape index (κ2) is 10.9. The Balaban J connectivity index is 1.58. The maximum atomic E-state index is 12.8. The number of hydrogen-bond donors (Lipinski definition) is 2. The minimum Gasteiger partial charge on any atom is -0.343 e. The Labute approximate surface area is 187 Å². The van der Waals surface area contributed by atoms with Gasteiger partial charge in [0.25, 0.3) is 0 Å². The number of nitrogens with one attached hydrogen (secondary N) is 1. The summed E-state index contributed by atoms with van der Waals surface area (Å²) in [5, 5.41) is 11.7. The molecule has 3 rings (SSSR count). The SMILES string of the molecule is CN(Cc1ccccc1)C(=O)C(CN)NC(=O)Cc1cncn1Cc1ccc(C#N)cc1. The summed E-state index contributed by atoms with van der Waals surface area (Å²) in [5.74, 6) is -0.542. The van der Waals surface area contributed by atoms with E-state index in [1.807, 2.05) is 47.0 Å². The van der Waals surface area contributed by atoms with Gasteiger partial charge in [-0.3, -0.25) is 9.59 Å². The van der Waals surface area contributed by atoms with Gasteiger partial charge in [-0.2, -0.15) is 5.26 Å². The highest BCUT2D eigenvalue weighted by atomic mass is 16.2. The fourth-order valence-electron chi connectivity index (χ4n) is 3.35. The number of carbonyl (C=O) groups excluding carboxylic acids is 2. The summed E-state index contributed by atoms with van der Waals surface area (Å²) in [6.45, 7) is 0.963. The molecule has 1 aromatic heterocycles. The number of amides is 2. The predicted octanol–water partition coefficient (Wildman–Crippen LogP) is 1.45. The summed E-state index contributed by atoms with van der Waals surface area (Å²) in [5.41, 5.74) is 9.07. The normalized spacial score (nSPS) is 11.4. The predicted molar refractivity (Wildman–Crippen MR) is 120 cm³/mol. The van der Waals surface area contributed by atoms with Crippen LogP contribution in [0, 0.1) is 11.3 Å². The molecule has 3 N–H and O–H groups in total. The zero-order valence-corrected chi connectivity index (χ0v) is 17.9. The second-order valence-electron chi connectivity index (χ2n) is 7.53. The summed E-state index contributed by atoms with van der Waals surface area (Å²) < 4.78 is 1.86. The zero-order chi connectivity index (χ0) is 22.9. The van der Waals surface area contributed by atoms with Gasteiger partial charge in [-0.25, -0.2) is 4.98 Å². The first kappa shape index (κ1) is 22.7. The summed E-state index contributed by atoms with van der Waals surface area (Å²) in [6.07, 6.45) is 3.35. The summed E-state index contributed by atoms with van der Waals surface area (Å²) in [6, 6.07) is 18.2. The van der Waals surface area contributed by atoms with E-state index in [-0.39, 0.29) is 24.8 Å². The minimum atomic E-state index is -0.800. The molecular formula is C24H26N6O2. The van der Waals surface area contributed by atoms with Crippen molar-refractivity contribution in [3.63, 3.8) is 0 Å². The Morgan fingerprint density at radius 2 is 1.88 bits per heavy atom. The van der Waals surface area contributed by atoms with Gasteiger partial charge in [-0.05, 0) is 23.3 Å². The molecule has 0 aliphatic heterocycles. The molecule has 2 aromatic carbocycles. The van der Waals surface area contributed by atoms with Gasteiger partial charge in [0.2, 0.25) is 11.8 Å². The molecule has 0 spiro atoms. The van der Waals surface area contributed by atoms with Crippen LogP contribution in [0.2, 0.25) is 0 Å². The number of nitriles is 1. The summed E-state index contributed by atoms with van der Waals surface area (Å²) in [4.78, 5) is 31.1. The van der Waals surface area contributed by atoms with Crippen molar-refractivity contribution < 1.29 is 9.59 Å². The number of carbonyl (C=O) groups is 2. The molecule has 2 amide bonds. The van der Waals surface area contributed by atoms with Crippen LogP contribution in [0.25, 0.3) is 0 Å². The number of likely N-dealkylation sites (N-methyl/N-ethyl adjacent to an activating group) is 1. The molecule has 1 unspecified atom stereocenters. The smallest absolute Gasteiger partial charge is 0.246 e. The van der Waals surface area contributed by atoms with Crippen molar-refractivity contribution in [1.82, 2.24) is 19.8 Å². The van der Waals surface area contributed by atoms with Crippen molar-refractivity contribution in [2.75, 3.05) is 13.6 Å². The Bertz CT molecular complexity index is 1090. The Morgan fingerprint density at radius 1 is 1.16 bits per heavy atom. The minimum absolute atomic E-state index is 0.00814. The number of hydrogen-bond acceptors (Lipinski definition) is 5. The standard InChI is InChI=1S/C24H26N6O2/c1-29(15-19-5-3-2-4-6-19)24(32)22(13-26)28-23(31)11-21-14-27-17-30(21)16-20-9-7-18(12-25)8-10-20/h2-10,14,17,22H,11,13,15-16,26H2,1H3,(H,28,31). The molecule has 0 bridgehead atoms. The fourth-order valence-corrected chi connectivity index (χ4v) is 3.35. The number of rotatable bonds is 9. The van der Waals surface area contributed by atoms with E-state index in [2.05, 4.69) is 16.4 Å². The summed E-state index contributed by atoms with van der Waals surface area (Å²) >= 11 is 0. The van der Waals surface area contributed by atoms with Gasteiger partial charge in [0, 0.05) is 38.6 Å². The van der Waals surface area contributed by atoms with E-state index in [1.54, 1.807) is 36.6 Å². The fraction of sp³-hybridized carbons (Fsp3) is 0.250. The van der Waals surface area contributed by atoms with Crippen molar-refractivity contribution in [3.05, 3.63) is 89.5 Å². The molecule has 32 heavy (non-hydrogen) atoms. The van der Waals surface area contributed by atoms with Crippen LogP contribution in [0.1, 0.15) is 22.4 Å². The molecule has 0 aliphatic carbocycles. The number of nitrogens with two attached hydrogens (primary N) is 1. The quantitative estimate of drug-likeness (QED) is 0.533. The lowest BCUT2D eigenvalue weighted by molar-refractivity contribution is -0.135. The Morgan fingerprint density at radius 3 is 2.53 bits per heavy atom. The van der Waals surface area contributed by atoms with E-state index in [1.165, 1.54) is 0 Å². The third-order valence-corrected chi connectivity index (χ3v) is 5.08. The molecule has 8 nitrogen and oxygen atoms in total. The first-order valence-corrected chi connectivity index (χ1v) is 10.3. The van der Waals surface area contributed by atoms with Crippen molar-refractivity contribution in [1.29, 1.82) is 5.26 Å². The van der Waals surface area contributed by atoms with Crippen LogP contribution in [0.3, 0.4) is 0 Å². The molecule has 1 heterocycles. The van der Waals surface area contributed by atoms with Gasteiger partial charge < -0.3 is 20.5 Å². The van der Waals surface area contributed by atoms with Crippen LogP contribution in [0.4, 0.5) is 0 Å². The molecule has 0 saturated heterocycles. The molecule has 164 valence electrons. The van der Waals surface area contributed by atoms with Crippen LogP contribution in [0.15, 0.2) is 67.1 Å². The van der Waals surface area contributed by atoms with Gasteiger partial charge in [-0.15, -0.1) is 0 Å². The van der Waals surface area contributed by atoms with E-state index >= 15 is 0 Å². The summed E-state index contributed by atoms with van der Waals surface area (Å²) in [7, 11) is 1.69. The van der Waals surface area contributed by atoms with Crippen LogP contribution >= 0.6 is 0 Å². The maximum Gasteiger partial charge on any atom is 0.246 e. The van der Waals surface area contributed by atoms with Crippen molar-refractivity contribution in [2.24, 2.45) is 5.73 Å². The van der Waals surface area contributed by atoms with Crippen LogP contribution in [-0.4, -0.2) is 45.9 Å². The molecule has 0 radical (unpaired) electrons. The molecule has 0 fully saturated rings. The monoisotopic (exact) mass is 430 g/mol. The van der Waals surface area contributed by atoms with Crippen LogP contribution in [-0.2, 0) is 29.1 Å². The van der Waals surface area contributed by atoms with E-state index in [0.29, 0.717) is 24.3 Å². The molecule has 0 aliphatic rings. The zero-order valence-electron chi connectivity index (χ0n) is 17.9. The number of nitrogens with zero attached hydrogens (tertiary/aromatic N) is 4. The lowest BCUT2D eigenvalue weighted by Gasteiger charge is -2.24. The maximum absolute atomic E-state index is 12.8. The van der Waals surface area contributed by atoms with E-state index in [9.17, 15) is 9.59 Å². The van der Waals surface area contributed by atoms with Gasteiger partial charge in [0.1, 0.15) is 6.04 Å². The van der Waals surface area contributed by atoms with E-state index in [4.69, 9.17) is 11.0 Å². The van der Waals surface area contributed by atoms with Crippen molar-refractivity contribution in [3.8, 4) is 6.07 Å². The first-order chi connectivity index (χ1) is 15.5. The van der Waals surface area contributed by atoms with Crippen molar-refractivity contribution >= 4 is 11.8 Å². The molecule has 3 aromatic rings. The largest absolute Gasteiger partial charge is 0.343 e. The van der Waals surface area contributed by atoms with Crippen LogP contribution < -0.4 is 11.1 Å². The first-order valence-electron chi connectivity index (χ1n) is 10.3. The molecular weight excluding hydrogens is 404 g/mol. The van der Waals surface area contributed by atoms with Gasteiger partial charge in [0.15, 0.2) is 0 Å². The topological polar surface area (TPSA) is 117 Å². The van der Waals surface area contributed by atoms with Gasteiger partial charge in [0.05, 0.1) is 24.4 Å². The molecule has 1 atom stereocenters. The Kier molecular flexibility index (Phi) is 7.73. The Hall–Kier alpha value is -3.96. The third-order valence-electron chi connectivity index (χ3n) is 5.08. The van der Waals surface area contributed by atoms with Gasteiger partial charge >= 0.3 is 0 Å². The number of imidazole rings is 1. The molecule has 8 heteroatoms. The second-order valence-corrected chi connectivity index (χ2v) is 7.53. The number of aromatic nitrogens is 2. The van der Waals surface area contributed by atoms with E-state index < -0.39 is 6.04 Å². The third kappa shape index (κ3) is 6.03. The average Bonchev–Trinajstić information content (AvgIpc) is 3.24. The number of benzene rings is 2. The lowest BCUT2D eigenvalue weighted by Crippen LogP contribution is -2.51. The lowest BCUT2D eigenvalue weighted by atomic mass is 10.1. The highest BCUT2D eigenvalue weighted by molar-refractivity contribution is 5.88. The van der Waals surface area contributed by atoms with Crippen molar-refractivity contribution in [2.45, 2.75) is 25.6 Å². The van der Waals surface area contributed by atoms with Crippen LogP contribution in [0.5, 0.6) is 0 Å². The highest BCUT2D eigenvalue weighted by Crippen LogP contribution is 2.09. The molecule has 0 saturated carbocycles. The van der Waals surface area contributed by atoms with Gasteiger partial charge in [-0.1, -0.05) is 42.5 Å².